The number of anilines is 1. The molecular formula is C26H34Cl3N3O4S. The van der Waals surface area contributed by atoms with Crippen LogP contribution in [0.4, 0.5) is 5.69 Å². The summed E-state index contributed by atoms with van der Waals surface area (Å²) in [5.74, 6) is -0.518. The lowest BCUT2D eigenvalue weighted by atomic mass is 10.1. The van der Waals surface area contributed by atoms with Gasteiger partial charge in [0.2, 0.25) is 21.8 Å². The van der Waals surface area contributed by atoms with Gasteiger partial charge in [0.05, 0.1) is 11.9 Å². The van der Waals surface area contributed by atoms with Gasteiger partial charge in [-0.25, -0.2) is 8.42 Å². The first kappa shape index (κ1) is 31.2. The molecule has 0 aliphatic carbocycles. The Kier molecular flexibility index (Phi) is 12.0. The molecule has 37 heavy (non-hydrogen) atoms. The molecule has 0 fully saturated rings. The van der Waals surface area contributed by atoms with Gasteiger partial charge in [-0.05, 0) is 68.1 Å². The minimum atomic E-state index is -3.59. The van der Waals surface area contributed by atoms with Gasteiger partial charge in [-0.3, -0.25) is 13.9 Å². The quantitative estimate of drug-likeness (QED) is 0.314. The lowest BCUT2D eigenvalue weighted by Gasteiger charge is -2.32. The molecule has 7 nitrogen and oxygen atoms in total. The Bertz CT molecular complexity index is 1180. The van der Waals surface area contributed by atoms with E-state index >= 15 is 0 Å². The van der Waals surface area contributed by atoms with Crippen molar-refractivity contribution in [1.82, 2.24) is 10.2 Å². The molecule has 0 aliphatic heterocycles. The molecule has 204 valence electrons. The highest BCUT2D eigenvalue weighted by molar-refractivity contribution is 7.92. The van der Waals surface area contributed by atoms with E-state index < -0.39 is 16.1 Å². The van der Waals surface area contributed by atoms with Crippen molar-refractivity contribution in [2.24, 2.45) is 0 Å². The molecule has 0 radical (unpaired) electrons. The highest BCUT2D eigenvalue weighted by Crippen LogP contribution is 2.25. The number of halogens is 3. The molecule has 0 aromatic heterocycles. The summed E-state index contributed by atoms with van der Waals surface area (Å²) < 4.78 is 26.1. The number of rotatable bonds is 13. The highest BCUT2D eigenvalue weighted by atomic mass is 35.5. The fraction of sp³-hybridized carbons (Fsp3) is 0.462. The number of hydrogen-bond acceptors (Lipinski definition) is 4. The number of carbonyl (C=O) groups excluding carboxylic acids is 2. The summed E-state index contributed by atoms with van der Waals surface area (Å²) in [6.07, 6.45) is 2.57. The van der Waals surface area contributed by atoms with E-state index in [2.05, 4.69) is 5.32 Å². The monoisotopic (exact) mass is 589 g/mol. The van der Waals surface area contributed by atoms with Crippen molar-refractivity contribution in [2.45, 2.75) is 65.1 Å². The number of nitrogens with zero attached hydrogens (tertiary/aromatic N) is 2. The fourth-order valence-corrected chi connectivity index (χ4v) is 5.36. The molecule has 11 heteroatoms. The van der Waals surface area contributed by atoms with Gasteiger partial charge in [-0.2, -0.15) is 0 Å². The van der Waals surface area contributed by atoms with Crippen LogP contribution in [0.1, 0.15) is 52.0 Å². The van der Waals surface area contributed by atoms with Crippen LogP contribution in [0.25, 0.3) is 0 Å². The van der Waals surface area contributed by atoms with Gasteiger partial charge < -0.3 is 10.2 Å². The van der Waals surface area contributed by atoms with E-state index in [9.17, 15) is 18.0 Å². The summed E-state index contributed by atoms with van der Waals surface area (Å²) >= 11 is 18.4. The third kappa shape index (κ3) is 9.36. The van der Waals surface area contributed by atoms with E-state index in [4.69, 9.17) is 34.8 Å². The van der Waals surface area contributed by atoms with Gasteiger partial charge in [-0.1, -0.05) is 54.7 Å². The summed E-state index contributed by atoms with van der Waals surface area (Å²) in [4.78, 5) is 28.1. The Morgan fingerprint density at radius 2 is 1.59 bits per heavy atom. The molecule has 2 amide bonds. The second-order valence-corrected chi connectivity index (χ2v) is 12.1. The highest BCUT2D eigenvalue weighted by Gasteiger charge is 2.30. The topological polar surface area (TPSA) is 86.8 Å². The van der Waals surface area contributed by atoms with Crippen molar-refractivity contribution in [2.75, 3.05) is 17.1 Å². The average molecular weight is 591 g/mol. The average Bonchev–Trinajstić information content (AvgIpc) is 2.82. The number of hydrogen-bond donors (Lipinski definition) is 1. The third-order valence-corrected chi connectivity index (χ3v) is 8.04. The molecule has 2 aromatic carbocycles. The molecular weight excluding hydrogens is 557 g/mol. The molecule has 0 saturated carbocycles. The smallest absolute Gasteiger partial charge is 0.243 e. The Morgan fingerprint density at radius 1 is 0.973 bits per heavy atom. The molecule has 2 rings (SSSR count). The van der Waals surface area contributed by atoms with Crippen LogP contribution in [-0.4, -0.2) is 50.0 Å². The number of amides is 2. The zero-order chi connectivity index (χ0) is 27.8. The van der Waals surface area contributed by atoms with E-state index in [-0.39, 0.29) is 43.8 Å². The molecule has 0 aliphatic rings. The zero-order valence-corrected chi connectivity index (χ0v) is 24.6. The van der Waals surface area contributed by atoms with Crippen LogP contribution in [0.2, 0.25) is 15.1 Å². The van der Waals surface area contributed by atoms with Gasteiger partial charge in [-0.15, -0.1) is 0 Å². The number of nitrogens with one attached hydrogen (secondary N) is 1. The predicted molar refractivity (Wildman–Crippen MR) is 152 cm³/mol. The number of carbonyl (C=O) groups is 2. The van der Waals surface area contributed by atoms with Crippen LogP contribution < -0.4 is 9.62 Å². The van der Waals surface area contributed by atoms with Crippen molar-refractivity contribution in [3.63, 3.8) is 0 Å². The van der Waals surface area contributed by atoms with Crippen LogP contribution >= 0.6 is 34.8 Å². The fourth-order valence-electron chi connectivity index (χ4n) is 3.81. The minimum Gasteiger partial charge on any atom is -0.352 e. The van der Waals surface area contributed by atoms with E-state index in [0.717, 1.165) is 12.7 Å². The Labute approximate surface area is 235 Å². The van der Waals surface area contributed by atoms with Crippen LogP contribution in [-0.2, 0) is 26.2 Å². The van der Waals surface area contributed by atoms with Crippen molar-refractivity contribution in [3.05, 3.63) is 63.1 Å². The second-order valence-electron chi connectivity index (χ2n) is 8.91. The predicted octanol–water partition coefficient (Wildman–Crippen LogP) is 5.92. The van der Waals surface area contributed by atoms with Gasteiger partial charge in [0.1, 0.15) is 6.04 Å². The van der Waals surface area contributed by atoms with Gasteiger partial charge in [0, 0.05) is 40.6 Å². The van der Waals surface area contributed by atoms with Crippen LogP contribution in [0.3, 0.4) is 0 Å². The summed E-state index contributed by atoms with van der Waals surface area (Å²) in [6, 6.07) is 10.7. The van der Waals surface area contributed by atoms with Crippen molar-refractivity contribution in [1.29, 1.82) is 0 Å². The standard InChI is InChI=1S/C26H34Cl3N3O4S/c1-5-18(3)30-26(34)24(6-2)31(17-19-9-10-21(28)16-23(19)29)25(33)8-7-15-32(37(4,35)36)22-13-11-20(27)12-14-22/h9-14,16,18,24H,5-8,15,17H2,1-4H3,(H,30,34)/t18-,24-/m1/s1. The minimum absolute atomic E-state index is 0.0396. The molecule has 0 heterocycles. The Hall–Kier alpha value is -2.00. The third-order valence-electron chi connectivity index (χ3n) is 6.01. The SMILES string of the molecule is CC[C@@H](C)NC(=O)[C@@H](CC)N(Cc1ccc(Cl)cc1Cl)C(=O)CCCN(c1ccc(Cl)cc1)S(C)(=O)=O. The van der Waals surface area contributed by atoms with E-state index in [1.54, 1.807) is 42.5 Å². The van der Waals surface area contributed by atoms with Gasteiger partial charge in [0.25, 0.3) is 0 Å². The summed E-state index contributed by atoms with van der Waals surface area (Å²) in [5.41, 5.74) is 1.12. The van der Waals surface area contributed by atoms with Crippen molar-refractivity contribution in [3.8, 4) is 0 Å². The molecule has 0 bridgehead atoms. The van der Waals surface area contributed by atoms with E-state index in [1.165, 1.54) is 9.21 Å². The number of benzene rings is 2. The molecule has 2 aromatic rings. The molecule has 1 N–H and O–H groups in total. The maximum Gasteiger partial charge on any atom is 0.243 e. The first-order chi connectivity index (χ1) is 17.4. The Balaban J connectivity index is 2.25. The first-order valence-corrected chi connectivity index (χ1v) is 15.1. The van der Waals surface area contributed by atoms with Gasteiger partial charge >= 0.3 is 0 Å². The summed E-state index contributed by atoms with van der Waals surface area (Å²) in [6.45, 7) is 5.93. The molecule has 0 saturated heterocycles. The normalized spacial score (nSPS) is 13.1. The van der Waals surface area contributed by atoms with Gasteiger partial charge in [0.15, 0.2) is 0 Å². The maximum absolute atomic E-state index is 13.5. The summed E-state index contributed by atoms with van der Waals surface area (Å²) in [7, 11) is -3.59. The van der Waals surface area contributed by atoms with E-state index in [0.29, 0.717) is 32.7 Å². The molecule has 0 spiro atoms. The molecule has 0 unspecified atom stereocenters. The van der Waals surface area contributed by atoms with Crippen LogP contribution in [0.5, 0.6) is 0 Å². The number of sulfonamides is 1. The second kappa shape index (κ2) is 14.2. The van der Waals surface area contributed by atoms with Crippen molar-refractivity contribution < 1.29 is 18.0 Å². The molecule has 2 atom stereocenters. The van der Waals surface area contributed by atoms with Crippen LogP contribution in [0, 0.1) is 0 Å². The van der Waals surface area contributed by atoms with Crippen LogP contribution in [0.15, 0.2) is 42.5 Å². The maximum atomic E-state index is 13.5. The van der Waals surface area contributed by atoms with E-state index in [1.807, 2.05) is 20.8 Å². The van der Waals surface area contributed by atoms with Crippen molar-refractivity contribution >= 4 is 62.3 Å². The lowest BCUT2D eigenvalue weighted by molar-refractivity contribution is -0.141. The zero-order valence-electron chi connectivity index (χ0n) is 21.5. The Morgan fingerprint density at radius 3 is 2.14 bits per heavy atom. The largest absolute Gasteiger partial charge is 0.352 e. The summed E-state index contributed by atoms with van der Waals surface area (Å²) in [5, 5.41) is 4.32. The lowest BCUT2D eigenvalue weighted by Crippen LogP contribution is -2.50. The first-order valence-electron chi connectivity index (χ1n) is 12.1.